The van der Waals surface area contributed by atoms with Crippen LogP contribution in [0.15, 0.2) is 53.9 Å². The molecule has 0 aliphatic carbocycles. The molecule has 1 fully saturated rings. The molecule has 206 valence electrons. The number of nitrogens with one attached hydrogen (secondary N) is 1. The molecule has 1 aliphatic rings. The highest BCUT2D eigenvalue weighted by Crippen LogP contribution is 2.34. The van der Waals surface area contributed by atoms with Gasteiger partial charge in [0.15, 0.2) is 0 Å². The van der Waals surface area contributed by atoms with E-state index < -0.39 is 22.6 Å². The Balaban J connectivity index is 1.18. The topological polar surface area (TPSA) is 113 Å². The van der Waals surface area contributed by atoms with Crippen LogP contribution in [-0.2, 0) is 34.7 Å². The molecule has 0 unspecified atom stereocenters. The number of amides is 1. The maximum atomic E-state index is 12.9. The zero-order valence-corrected chi connectivity index (χ0v) is 22.4. The molecule has 3 aromatic heterocycles. The number of fused-ring (bicyclic) bond motifs is 1. The summed E-state index contributed by atoms with van der Waals surface area (Å²) in [4.78, 5) is 25.8. The lowest BCUT2D eigenvalue weighted by molar-refractivity contribution is -0.130. The van der Waals surface area contributed by atoms with E-state index in [4.69, 9.17) is 0 Å². The van der Waals surface area contributed by atoms with Crippen LogP contribution in [0.4, 0.5) is 24.7 Å². The molecule has 0 spiro atoms. The van der Waals surface area contributed by atoms with Gasteiger partial charge >= 0.3 is 6.18 Å². The van der Waals surface area contributed by atoms with Gasteiger partial charge in [-0.2, -0.15) is 18.3 Å². The minimum atomic E-state index is -4.30. The molecule has 5 rings (SSSR count). The summed E-state index contributed by atoms with van der Waals surface area (Å²) in [5, 5.41) is 4.46. The quantitative estimate of drug-likeness (QED) is 0.358. The van der Waals surface area contributed by atoms with E-state index in [2.05, 4.69) is 19.8 Å². The Bertz CT molecular complexity index is 1590. The van der Waals surface area contributed by atoms with Gasteiger partial charge in [-0.1, -0.05) is 12.1 Å². The number of carbonyl (C=O) groups is 1. The van der Waals surface area contributed by atoms with Gasteiger partial charge in [0.1, 0.15) is 21.9 Å². The summed E-state index contributed by atoms with van der Waals surface area (Å²) in [5.41, 5.74) is 1.10. The number of aryl methyl sites for hydroxylation is 1. The Morgan fingerprint density at radius 2 is 1.82 bits per heavy atom. The summed E-state index contributed by atoms with van der Waals surface area (Å²) in [7, 11) is -2.14. The van der Waals surface area contributed by atoms with Crippen LogP contribution in [0, 0.1) is 0 Å². The minimum Gasteiger partial charge on any atom is -0.352 e. The molecule has 4 heterocycles. The molecule has 1 aliphatic heterocycles. The number of hydrogen-bond donors (Lipinski definition) is 1. The molecule has 0 saturated carbocycles. The molecule has 0 bridgehead atoms. The summed E-state index contributed by atoms with van der Waals surface area (Å²) < 4.78 is 67.3. The standard InChI is InChI=1S/C24H24F3N7O3S2/c1-32-14-19(13-30-32)39(36,37)31-17-4-2-16(3-5-17)10-21(35)33-6-8-34(9-7-33)22-20-11-18(12-24(25,26)27)38-23(20)29-15-28-22/h2-5,11,13-15,31H,6-10,12H2,1H3. The molecule has 1 aromatic carbocycles. The smallest absolute Gasteiger partial charge is 0.352 e. The van der Waals surface area contributed by atoms with Crippen LogP contribution < -0.4 is 9.62 Å². The summed E-state index contributed by atoms with van der Waals surface area (Å²) in [5.74, 6) is 0.496. The maximum Gasteiger partial charge on any atom is 0.393 e. The second-order valence-corrected chi connectivity index (χ2v) is 11.9. The number of thiophene rings is 1. The fourth-order valence-corrected chi connectivity index (χ4v) is 6.39. The Morgan fingerprint density at radius 1 is 1.10 bits per heavy atom. The van der Waals surface area contributed by atoms with Gasteiger partial charge in [-0.3, -0.25) is 14.2 Å². The average Bonchev–Trinajstić information content (AvgIpc) is 3.50. The van der Waals surface area contributed by atoms with Gasteiger partial charge in [0.2, 0.25) is 5.91 Å². The number of sulfonamides is 1. The second kappa shape index (κ2) is 10.4. The first-order chi connectivity index (χ1) is 18.5. The summed E-state index contributed by atoms with van der Waals surface area (Å²) in [6.07, 6.45) is -1.15. The first kappa shape index (κ1) is 26.9. The van der Waals surface area contributed by atoms with Crippen molar-refractivity contribution in [3.8, 4) is 0 Å². The molecule has 1 amide bonds. The normalized spacial score (nSPS) is 14.7. The third-order valence-electron chi connectivity index (χ3n) is 6.22. The molecule has 0 atom stereocenters. The van der Waals surface area contributed by atoms with Crippen molar-refractivity contribution in [2.45, 2.75) is 23.9 Å². The molecule has 4 aromatic rings. The van der Waals surface area contributed by atoms with E-state index in [1.54, 1.807) is 36.2 Å². The van der Waals surface area contributed by atoms with Crippen molar-refractivity contribution in [3.05, 3.63) is 59.5 Å². The zero-order chi connectivity index (χ0) is 27.8. The number of carbonyl (C=O) groups excluding carboxylic acids is 1. The molecule has 39 heavy (non-hydrogen) atoms. The first-order valence-electron chi connectivity index (χ1n) is 11.9. The maximum absolute atomic E-state index is 12.9. The van der Waals surface area contributed by atoms with E-state index in [1.807, 2.05) is 4.90 Å². The van der Waals surface area contributed by atoms with Crippen molar-refractivity contribution in [3.63, 3.8) is 0 Å². The zero-order valence-electron chi connectivity index (χ0n) is 20.7. The molecular weight excluding hydrogens is 555 g/mol. The van der Waals surface area contributed by atoms with Crippen LogP contribution in [-0.4, -0.2) is 71.3 Å². The van der Waals surface area contributed by atoms with Crippen LogP contribution in [0.5, 0.6) is 0 Å². The fourth-order valence-electron chi connectivity index (χ4n) is 4.33. The third kappa shape index (κ3) is 6.30. The van der Waals surface area contributed by atoms with Crippen LogP contribution in [0.3, 0.4) is 0 Å². The van der Waals surface area contributed by atoms with E-state index in [0.717, 1.165) is 16.9 Å². The monoisotopic (exact) mass is 579 g/mol. The van der Waals surface area contributed by atoms with Gasteiger partial charge in [-0.15, -0.1) is 11.3 Å². The number of rotatable bonds is 7. The van der Waals surface area contributed by atoms with E-state index in [9.17, 15) is 26.4 Å². The number of anilines is 2. The van der Waals surface area contributed by atoms with Crippen LogP contribution in [0.25, 0.3) is 10.2 Å². The van der Waals surface area contributed by atoms with Gasteiger partial charge in [-0.25, -0.2) is 18.4 Å². The summed E-state index contributed by atoms with van der Waals surface area (Å²) >= 11 is 1.01. The Labute approximate surface area is 226 Å². The predicted molar refractivity (Wildman–Crippen MR) is 140 cm³/mol. The number of piperazine rings is 1. The third-order valence-corrected chi connectivity index (χ3v) is 8.60. The van der Waals surface area contributed by atoms with Crippen molar-refractivity contribution < 1.29 is 26.4 Å². The lowest BCUT2D eigenvalue weighted by Crippen LogP contribution is -2.49. The molecule has 1 saturated heterocycles. The van der Waals surface area contributed by atoms with Crippen molar-refractivity contribution in [1.29, 1.82) is 0 Å². The minimum absolute atomic E-state index is 0.0480. The van der Waals surface area contributed by atoms with Crippen molar-refractivity contribution in [2.24, 2.45) is 7.05 Å². The molecular formula is C24H24F3N7O3S2. The lowest BCUT2D eigenvalue weighted by atomic mass is 10.1. The van der Waals surface area contributed by atoms with Gasteiger partial charge < -0.3 is 9.80 Å². The highest BCUT2D eigenvalue weighted by Gasteiger charge is 2.30. The van der Waals surface area contributed by atoms with E-state index >= 15 is 0 Å². The van der Waals surface area contributed by atoms with E-state index in [1.165, 1.54) is 29.5 Å². The van der Waals surface area contributed by atoms with Crippen molar-refractivity contribution in [2.75, 3.05) is 35.8 Å². The Morgan fingerprint density at radius 3 is 2.46 bits per heavy atom. The van der Waals surface area contributed by atoms with Crippen LogP contribution in [0.1, 0.15) is 10.4 Å². The highest BCUT2D eigenvalue weighted by molar-refractivity contribution is 7.92. The largest absolute Gasteiger partial charge is 0.393 e. The van der Waals surface area contributed by atoms with Gasteiger partial charge in [0.25, 0.3) is 10.0 Å². The number of nitrogens with zero attached hydrogens (tertiary/aromatic N) is 6. The second-order valence-electron chi connectivity index (χ2n) is 9.12. The van der Waals surface area contributed by atoms with Crippen LogP contribution in [0.2, 0.25) is 0 Å². The summed E-state index contributed by atoms with van der Waals surface area (Å²) in [6.45, 7) is 1.84. The molecule has 1 N–H and O–H groups in total. The molecule has 15 heteroatoms. The number of alkyl halides is 3. The van der Waals surface area contributed by atoms with Gasteiger partial charge in [0, 0.05) is 50.0 Å². The van der Waals surface area contributed by atoms with E-state index in [-0.39, 0.29) is 22.1 Å². The van der Waals surface area contributed by atoms with Gasteiger partial charge in [-0.05, 0) is 23.8 Å². The predicted octanol–water partition coefficient (Wildman–Crippen LogP) is 3.22. The van der Waals surface area contributed by atoms with Crippen LogP contribution >= 0.6 is 11.3 Å². The number of halogens is 3. The molecule has 0 radical (unpaired) electrons. The summed E-state index contributed by atoms with van der Waals surface area (Å²) in [6, 6.07) is 8.09. The highest BCUT2D eigenvalue weighted by atomic mass is 32.2. The van der Waals surface area contributed by atoms with Crippen molar-refractivity contribution >= 4 is 49.0 Å². The average molecular weight is 580 g/mol. The van der Waals surface area contributed by atoms with Gasteiger partial charge in [0.05, 0.1) is 24.4 Å². The number of benzene rings is 1. The molecule has 10 nitrogen and oxygen atoms in total. The number of hydrogen-bond acceptors (Lipinski definition) is 8. The number of aromatic nitrogens is 4. The fraction of sp³-hybridized carbons (Fsp3) is 0.333. The SMILES string of the molecule is Cn1cc(S(=O)(=O)Nc2ccc(CC(=O)N3CCN(c4ncnc5sc(CC(F)(F)F)cc45)CC3)cc2)cn1. The van der Waals surface area contributed by atoms with E-state index in [0.29, 0.717) is 47.9 Å². The van der Waals surface area contributed by atoms with Crippen molar-refractivity contribution in [1.82, 2.24) is 24.6 Å². The Hall–Kier alpha value is -3.72. The Kier molecular flexibility index (Phi) is 7.20. The lowest BCUT2D eigenvalue weighted by Gasteiger charge is -2.35. The first-order valence-corrected chi connectivity index (χ1v) is 14.2.